The van der Waals surface area contributed by atoms with Gasteiger partial charge in [-0.15, -0.1) is 0 Å². The van der Waals surface area contributed by atoms with Gasteiger partial charge in [-0.3, -0.25) is 14.3 Å². The van der Waals surface area contributed by atoms with Crippen LogP contribution >= 0.6 is 0 Å². The van der Waals surface area contributed by atoms with Crippen LogP contribution in [-0.4, -0.2) is 16.0 Å². The molecule has 1 unspecified atom stereocenters. The second-order valence-corrected chi connectivity index (χ2v) is 5.97. The van der Waals surface area contributed by atoms with E-state index in [1.165, 1.54) is 19.3 Å². The van der Waals surface area contributed by atoms with Gasteiger partial charge >= 0.3 is 5.76 Å². The van der Waals surface area contributed by atoms with Gasteiger partial charge < -0.3 is 5.32 Å². The Morgan fingerprint density at radius 3 is 2.79 bits per heavy atom. The molecule has 0 saturated carbocycles. The summed E-state index contributed by atoms with van der Waals surface area (Å²) in [7, 11) is 0. The standard InChI is InChI=1S/C18H25N3O3/c1-3-5-6-7-9-13(4-2)17(22)19-15-11-8-10-14(12-15)16-20-18(23)24-21-16/h8,10-13H,3-7,9H2,1-2H3,(H,19,22)(H,20,21,23). The van der Waals surface area contributed by atoms with Gasteiger partial charge in [-0.2, -0.15) is 0 Å². The maximum absolute atomic E-state index is 12.5. The number of nitrogens with one attached hydrogen (secondary N) is 2. The zero-order valence-electron chi connectivity index (χ0n) is 14.3. The number of carbonyl (C=O) groups is 1. The Kier molecular flexibility index (Phi) is 6.78. The Bertz CT molecular complexity index is 705. The predicted molar refractivity (Wildman–Crippen MR) is 93.7 cm³/mol. The first-order valence-corrected chi connectivity index (χ1v) is 8.61. The summed E-state index contributed by atoms with van der Waals surface area (Å²) in [5, 5.41) is 6.62. The summed E-state index contributed by atoms with van der Waals surface area (Å²) < 4.78 is 4.51. The Balaban J connectivity index is 1.98. The summed E-state index contributed by atoms with van der Waals surface area (Å²) >= 11 is 0. The van der Waals surface area contributed by atoms with Crippen molar-refractivity contribution < 1.29 is 9.32 Å². The molecule has 0 bridgehead atoms. The van der Waals surface area contributed by atoms with E-state index in [9.17, 15) is 9.59 Å². The van der Waals surface area contributed by atoms with Crippen LogP contribution in [0.15, 0.2) is 33.6 Å². The highest BCUT2D eigenvalue weighted by Gasteiger charge is 2.16. The third-order valence-corrected chi connectivity index (χ3v) is 4.11. The molecule has 6 nitrogen and oxygen atoms in total. The molecule has 130 valence electrons. The Morgan fingerprint density at radius 1 is 1.29 bits per heavy atom. The van der Waals surface area contributed by atoms with Crippen molar-refractivity contribution in [3.63, 3.8) is 0 Å². The van der Waals surface area contributed by atoms with Crippen LogP contribution in [0.25, 0.3) is 11.4 Å². The van der Waals surface area contributed by atoms with Crippen LogP contribution in [0.2, 0.25) is 0 Å². The van der Waals surface area contributed by atoms with E-state index >= 15 is 0 Å². The van der Waals surface area contributed by atoms with Gasteiger partial charge in [-0.1, -0.05) is 56.8 Å². The number of nitrogens with zero attached hydrogens (tertiary/aromatic N) is 1. The molecule has 0 radical (unpaired) electrons. The van der Waals surface area contributed by atoms with E-state index in [-0.39, 0.29) is 11.8 Å². The zero-order valence-corrected chi connectivity index (χ0v) is 14.3. The molecule has 1 heterocycles. The monoisotopic (exact) mass is 331 g/mol. The number of hydrogen-bond acceptors (Lipinski definition) is 4. The van der Waals surface area contributed by atoms with E-state index in [0.717, 1.165) is 19.3 Å². The summed E-state index contributed by atoms with van der Waals surface area (Å²) in [6, 6.07) is 7.20. The Hall–Kier alpha value is -2.37. The molecular weight excluding hydrogens is 306 g/mol. The van der Waals surface area contributed by atoms with E-state index in [4.69, 9.17) is 0 Å². The number of benzene rings is 1. The molecule has 2 N–H and O–H groups in total. The maximum Gasteiger partial charge on any atom is 0.439 e. The van der Waals surface area contributed by atoms with Crippen LogP contribution in [0.3, 0.4) is 0 Å². The quantitative estimate of drug-likeness (QED) is 0.681. The van der Waals surface area contributed by atoms with Gasteiger partial charge in [0.2, 0.25) is 5.91 Å². The van der Waals surface area contributed by atoms with Crippen LogP contribution in [0.5, 0.6) is 0 Å². The number of hydrogen-bond donors (Lipinski definition) is 2. The minimum Gasteiger partial charge on any atom is -0.326 e. The highest BCUT2D eigenvalue weighted by atomic mass is 16.5. The molecule has 0 saturated heterocycles. The molecule has 1 amide bonds. The van der Waals surface area contributed by atoms with Crippen LogP contribution in [0.1, 0.15) is 52.4 Å². The van der Waals surface area contributed by atoms with Gasteiger partial charge in [0.05, 0.1) is 0 Å². The third-order valence-electron chi connectivity index (χ3n) is 4.11. The molecular formula is C18H25N3O3. The van der Waals surface area contributed by atoms with Gasteiger partial charge in [0, 0.05) is 17.2 Å². The SMILES string of the molecule is CCCCCCC(CC)C(=O)Nc1cccc(-c2noc(=O)[nH]2)c1. The van der Waals surface area contributed by atoms with E-state index in [1.54, 1.807) is 18.2 Å². The van der Waals surface area contributed by atoms with Gasteiger partial charge in [-0.25, -0.2) is 4.79 Å². The molecule has 1 aromatic carbocycles. The van der Waals surface area contributed by atoms with Crippen molar-refractivity contribution in [3.05, 3.63) is 34.8 Å². The Morgan fingerprint density at radius 2 is 2.12 bits per heavy atom. The summed E-state index contributed by atoms with van der Waals surface area (Å²) in [6.07, 6.45) is 6.41. The van der Waals surface area contributed by atoms with Crippen molar-refractivity contribution in [2.24, 2.45) is 5.92 Å². The van der Waals surface area contributed by atoms with Crippen molar-refractivity contribution in [2.75, 3.05) is 5.32 Å². The van der Waals surface area contributed by atoms with E-state index < -0.39 is 5.76 Å². The lowest BCUT2D eigenvalue weighted by molar-refractivity contribution is -0.120. The smallest absolute Gasteiger partial charge is 0.326 e. The largest absolute Gasteiger partial charge is 0.439 e. The predicted octanol–water partition coefficient (Wildman–Crippen LogP) is 3.97. The van der Waals surface area contributed by atoms with Gasteiger partial charge in [0.15, 0.2) is 5.82 Å². The number of carbonyl (C=O) groups excluding carboxylic acids is 1. The summed E-state index contributed by atoms with van der Waals surface area (Å²) in [5.74, 6) is -0.183. The second-order valence-electron chi connectivity index (χ2n) is 5.97. The number of aromatic nitrogens is 2. The van der Waals surface area contributed by atoms with Crippen molar-refractivity contribution in [2.45, 2.75) is 52.4 Å². The molecule has 2 aromatic rings. The van der Waals surface area contributed by atoms with Gasteiger partial charge in [0.1, 0.15) is 0 Å². The normalized spacial score (nSPS) is 12.1. The Labute approximate surface area is 141 Å². The molecule has 0 aliphatic carbocycles. The van der Waals surface area contributed by atoms with Crippen molar-refractivity contribution in [1.82, 2.24) is 10.1 Å². The first-order chi connectivity index (χ1) is 11.6. The lowest BCUT2D eigenvalue weighted by Gasteiger charge is -2.15. The van der Waals surface area contributed by atoms with Gasteiger partial charge in [0.25, 0.3) is 0 Å². The van der Waals surface area contributed by atoms with Crippen LogP contribution in [0.4, 0.5) is 5.69 Å². The molecule has 24 heavy (non-hydrogen) atoms. The van der Waals surface area contributed by atoms with Crippen molar-refractivity contribution in [3.8, 4) is 11.4 Å². The highest BCUT2D eigenvalue weighted by molar-refractivity contribution is 5.93. The van der Waals surface area contributed by atoms with Crippen molar-refractivity contribution >= 4 is 11.6 Å². The zero-order chi connectivity index (χ0) is 17.4. The minimum atomic E-state index is -0.599. The fraction of sp³-hybridized carbons (Fsp3) is 0.500. The number of aromatic amines is 1. The highest BCUT2D eigenvalue weighted by Crippen LogP contribution is 2.21. The lowest BCUT2D eigenvalue weighted by atomic mass is 9.97. The number of H-pyrrole nitrogens is 1. The second kappa shape index (κ2) is 9.05. The summed E-state index contributed by atoms with van der Waals surface area (Å²) in [5.41, 5.74) is 1.38. The summed E-state index contributed by atoms with van der Waals surface area (Å²) in [4.78, 5) is 26.0. The topological polar surface area (TPSA) is 88.0 Å². The van der Waals surface area contributed by atoms with E-state index in [2.05, 4.69) is 26.9 Å². The molecule has 1 aromatic heterocycles. The number of rotatable bonds is 9. The molecule has 2 rings (SSSR count). The number of amides is 1. The molecule has 6 heteroatoms. The average Bonchev–Trinajstić information content (AvgIpc) is 3.01. The molecule has 0 aliphatic rings. The van der Waals surface area contributed by atoms with E-state index in [1.807, 2.05) is 13.0 Å². The fourth-order valence-corrected chi connectivity index (χ4v) is 2.68. The lowest BCUT2D eigenvalue weighted by Crippen LogP contribution is -2.22. The van der Waals surface area contributed by atoms with Crippen LogP contribution in [0, 0.1) is 5.92 Å². The van der Waals surface area contributed by atoms with Gasteiger partial charge in [-0.05, 0) is 25.0 Å². The van der Waals surface area contributed by atoms with Crippen molar-refractivity contribution in [1.29, 1.82) is 0 Å². The fourth-order valence-electron chi connectivity index (χ4n) is 2.68. The first kappa shape index (κ1) is 18.0. The molecule has 1 atom stereocenters. The summed E-state index contributed by atoms with van der Waals surface area (Å²) in [6.45, 7) is 4.22. The number of anilines is 1. The van der Waals surface area contributed by atoms with Crippen LogP contribution in [-0.2, 0) is 4.79 Å². The number of unbranched alkanes of at least 4 members (excludes halogenated alkanes) is 3. The minimum absolute atomic E-state index is 0.0253. The van der Waals surface area contributed by atoms with E-state index in [0.29, 0.717) is 17.1 Å². The molecule has 0 aliphatic heterocycles. The van der Waals surface area contributed by atoms with Crippen LogP contribution < -0.4 is 11.1 Å². The maximum atomic E-state index is 12.5. The molecule has 0 spiro atoms. The first-order valence-electron chi connectivity index (χ1n) is 8.61. The molecule has 0 fully saturated rings. The average molecular weight is 331 g/mol. The third kappa shape index (κ3) is 5.08.